The predicted molar refractivity (Wildman–Crippen MR) is 82.7 cm³/mol. The van der Waals surface area contributed by atoms with Crippen molar-refractivity contribution in [3.8, 4) is 0 Å². The highest BCUT2D eigenvalue weighted by atomic mass is 35.5. The average molecular weight is 293 g/mol. The fraction of sp³-hybridized carbons (Fsp3) is 0.412. The second-order valence-electron chi connectivity index (χ2n) is 5.52. The molecule has 2 aliphatic carbocycles. The van der Waals surface area contributed by atoms with Gasteiger partial charge in [-0.25, -0.2) is 0 Å². The van der Waals surface area contributed by atoms with Gasteiger partial charge in [-0.3, -0.25) is 0 Å². The Morgan fingerprint density at radius 2 is 1.95 bits per heavy atom. The van der Waals surface area contributed by atoms with Crippen LogP contribution in [-0.2, 0) is 0 Å². The maximum atomic E-state index is 6.74. The molecule has 19 heavy (non-hydrogen) atoms. The van der Waals surface area contributed by atoms with Gasteiger partial charge in [-0.2, -0.15) is 0 Å². The first-order chi connectivity index (χ1) is 9.14. The number of halogens is 2. The average Bonchev–Trinajstić information content (AvgIpc) is 2.71. The molecular formula is C17H18Cl2. The topological polar surface area (TPSA) is 0 Å². The molecule has 0 spiro atoms. The van der Waals surface area contributed by atoms with E-state index in [9.17, 15) is 0 Å². The molecule has 0 bridgehead atoms. The highest BCUT2D eigenvalue weighted by molar-refractivity contribution is 6.49. The van der Waals surface area contributed by atoms with Gasteiger partial charge in [0, 0.05) is 11.8 Å². The summed E-state index contributed by atoms with van der Waals surface area (Å²) in [7, 11) is 0. The molecule has 0 saturated heterocycles. The Morgan fingerprint density at radius 1 is 1.21 bits per heavy atom. The molecule has 0 aliphatic heterocycles. The summed E-state index contributed by atoms with van der Waals surface area (Å²) in [5, 5.41) is 0. The second-order valence-corrected chi connectivity index (χ2v) is 6.97. The van der Waals surface area contributed by atoms with E-state index in [0.717, 1.165) is 12.8 Å². The Labute approximate surface area is 125 Å². The van der Waals surface area contributed by atoms with Crippen molar-refractivity contribution in [2.45, 2.75) is 30.0 Å². The predicted octanol–water partition coefficient (Wildman–Crippen LogP) is 5.49. The fourth-order valence-electron chi connectivity index (χ4n) is 3.50. The molecule has 3 unspecified atom stereocenters. The molecule has 3 rings (SSSR count). The summed E-state index contributed by atoms with van der Waals surface area (Å²) < 4.78 is -0.647. The lowest BCUT2D eigenvalue weighted by atomic mass is 9.79. The first-order valence-corrected chi connectivity index (χ1v) is 7.70. The van der Waals surface area contributed by atoms with E-state index in [1.807, 2.05) is 6.07 Å². The quantitative estimate of drug-likeness (QED) is 0.633. The van der Waals surface area contributed by atoms with Crippen LogP contribution >= 0.6 is 23.2 Å². The zero-order valence-corrected chi connectivity index (χ0v) is 12.5. The summed E-state index contributed by atoms with van der Waals surface area (Å²) >= 11 is 13.5. The van der Waals surface area contributed by atoms with Crippen LogP contribution in [0.2, 0.25) is 0 Å². The first kappa shape index (κ1) is 13.3. The van der Waals surface area contributed by atoms with Crippen LogP contribution in [0, 0.1) is 11.8 Å². The van der Waals surface area contributed by atoms with Gasteiger partial charge in [0.25, 0.3) is 0 Å². The summed E-state index contributed by atoms with van der Waals surface area (Å²) in [4.78, 5) is 0. The van der Waals surface area contributed by atoms with Gasteiger partial charge in [0.1, 0.15) is 4.33 Å². The zero-order valence-electron chi connectivity index (χ0n) is 11.0. The van der Waals surface area contributed by atoms with E-state index in [4.69, 9.17) is 23.2 Å². The molecule has 0 N–H and O–H groups in total. The fourth-order valence-corrected chi connectivity index (χ4v) is 4.51. The van der Waals surface area contributed by atoms with Crippen LogP contribution in [0.3, 0.4) is 0 Å². The third kappa shape index (κ3) is 2.15. The molecular weight excluding hydrogens is 275 g/mol. The first-order valence-electron chi connectivity index (χ1n) is 6.94. The minimum absolute atomic E-state index is 0.216. The summed E-state index contributed by atoms with van der Waals surface area (Å²) in [5.41, 5.74) is 2.71. The van der Waals surface area contributed by atoms with Crippen molar-refractivity contribution in [3.05, 3.63) is 59.7 Å². The van der Waals surface area contributed by atoms with Crippen molar-refractivity contribution < 1.29 is 0 Å². The van der Waals surface area contributed by atoms with Gasteiger partial charge >= 0.3 is 0 Å². The third-order valence-corrected chi connectivity index (χ3v) is 5.59. The van der Waals surface area contributed by atoms with Gasteiger partial charge in [0.05, 0.1) is 0 Å². The Bertz CT molecular complexity index is 513. The van der Waals surface area contributed by atoms with Crippen molar-refractivity contribution >= 4 is 23.2 Å². The van der Waals surface area contributed by atoms with Crippen molar-refractivity contribution in [1.29, 1.82) is 0 Å². The van der Waals surface area contributed by atoms with E-state index in [1.54, 1.807) is 0 Å². The van der Waals surface area contributed by atoms with E-state index in [1.165, 1.54) is 11.1 Å². The monoisotopic (exact) mass is 292 g/mol. The minimum atomic E-state index is -0.647. The van der Waals surface area contributed by atoms with Gasteiger partial charge in [0.2, 0.25) is 0 Å². The number of fused-ring (bicyclic) bond motifs is 1. The van der Waals surface area contributed by atoms with Gasteiger partial charge in [-0.05, 0) is 17.9 Å². The molecule has 1 aromatic carbocycles. The summed E-state index contributed by atoms with van der Waals surface area (Å²) in [5.74, 6) is 0.874. The highest BCUT2D eigenvalue weighted by Crippen LogP contribution is 2.58. The Balaban J connectivity index is 2.01. The Morgan fingerprint density at radius 3 is 2.63 bits per heavy atom. The molecule has 1 fully saturated rings. The lowest BCUT2D eigenvalue weighted by molar-refractivity contribution is 0.431. The van der Waals surface area contributed by atoms with Gasteiger partial charge in [0.15, 0.2) is 0 Å². The number of rotatable bonds is 2. The van der Waals surface area contributed by atoms with Crippen molar-refractivity contribution in [2.75, 3.05) is 0 Å². The summed E-state index contributed by atoms with van der Waals surface area (Å²) in [6, 6.07) is 10.5. The van der Waals surface area contributed by atoms with Crippen LogP contribution in [0.5, 0.6) is 0 Å². The van der Waals surface area contributed by atoms with E-state index >= 15 is 0 Å². The highest BCUT2D eigenvalue weighted by Gasteiger charge is 2.52. The number of hydrogen-bond donors (Lipinski definition) is 0. The van der Waals surface area contributed by atoms with Crippen LogP contribution in [0.1, 0.15) is 31.2 Å². The van der Waals surface area contributed by atoms with Crippen LogP contribution in [0.25, 0.3) is 0 Å². The van der Waals surface area contributed by atoms with E-state index in [2.05, 4.69) is 49.4 Å². The molecule has 2 aliphatic rings. The van der Waals surface area contributed by atoms with Crippen molar-refractivity contribution in [2.24, 2.45) is 11.8 Å². The van der Waals surface area contributed by atoms with Gasteiger partial charge < -0.3 is 0 Å². The summed E-state index contributed by atoms with van der Waals surface area (Å²) in [6.07, 6.45) is 8.66. The van der Waals surface area contributed by atoms with Crippen molar-refractivity contribution in [3.63, 3.8) is 0 Å². The smallest absolute Gasteiger partial charge is 0.101 e. The Hall–Kier alpha value is -0.720. The van der Waals surface area contributed by atoms with E-state index in [0.29, 0.717) is 11.8 Å². The standard InChI is InChI=1S/C17H18Cl2/c1-2-14-11-13-9-6-10-15(16(13)17(14,18)19)12-7-4-3-5-8-12/h3-10,14-16H,2,11H2,1H3. The van der Waals surface area contributed by atoms with Gasteiger partial charge in [-0.15, -0.1) is 23.2 Å². The molecule has 2 heteroatoms. The van der Waals surface area contributed by atoms with Crippen LogP contribution < -0.4 is 0 Å². The molecule has 0 amide bonds. The summed E-state index contributed by atoms with van der Waals surface area (Å²) in [6.45, 7) is 2.17. The van der Waals surface area contributed by atoms with E-state index < -0.39 is 4.33 Å². The third-order valence-electron chi connectivity index (χ3n) is 4.51. The lowest BCUT2D eigenvalue weighted by Crippen LogP contribution is -2.31. The molecule has 1 aromatic rings. The van der Waals surface area contributed by atoms with E-state index in [-0.39, 0.29) is 5.92 Å². The number of alkyl halides is 2. The molecule has 0 aromatic heterocycles. The zero-order chi connectivity index (χ0) is 13.5. The largest absolute Gasteiger partial charge is 0.128 e. The molecule has 3 atom stereocenters. The molecule has 100 valence electrons. The molecule has 1 saturated carbocycles. The molecule has 0 nitrogen and oxygen atoms in total. The maximum Gasteiger partial charge on any atom is 0.128 e. The normalized spacial score (nSPS) is 31.9. The minimum Gasteiger partial charge on any atom is -0.101 e. The van der Waals surface area contributed by atoms with Crippen LogP contribution in [-0.4, -0.2) is 4.33 Å². The maximum absolute atomic E-state index is 6.74. The second kappa shape index (κ2) is 5.00. The number of hydrogen-bond acceptors (Lipinski definition) is 0. The Kier molecular flexibility index (Phi) is 3.49. The van der Waals surface area contributed by atoms with Crippen LogP contribution in [0.4, 0.5) is 0 Å². The SMILES string of the molecule is CCC1CC2=CC=CC(c3ccccc3)C2C1(Cl)Cl. The number of benzene rings is 1. The van der Waals surface area contributed by atoms with Gasteiger partial charge in [-0.1, -0.05) is 67.5 Å². The number of allylic oxidation sites excluding steroid dienone is 4. The molecule has 0 radical (unpaired) electrons. The molecule has 0 heterocycles. The van der Waals surface area contributed by atoms with Crippen LogP contribution in [0.15, 0.2) is 54.1 Å². The van der Waals surface area contributed by atoms with Crippen molar-refractivity contribution in [1.82, 2.24) is 0 Å². The lowest BCUT2D eigenvalue weighted by Gasteiger charge is -2.34.